The van der Waals surface area contributed by atoms with Crippen LogP contribution in [0.25, 0.3) is 22.2 Å². The van der Waals surface area contributed by atoms with Crippen molar-refractivity contribution in [1.29, 1.82) is 0 Å². The number of benzene rings is 2. The minimum absolute atomic E-state index is 0.215. The molecule has 4 aromatic rings. The van der Waals surface area contributed by atoms with E-state index in [4.69, 9.17) is 4.98 Å². The molecule has 0 radical (unpaired) electrons. The molecule has 0 bridgehead atoms. The average Bonchev–Trinajstić information content (AvgIpc) is 3.50. The molecule has 166 valence electrons. The van der Waals surface area contributed by atoms with E-state index < -0.39 is 0 Å². The third kappa shape index (κ3) is 3.65. The van der Waals surface area contributed by atoms with Crippen LogP contribution in [-0.2, 0) is 13.0 Å². The minimum Gasteiger partial charge on any atom is -0.395 e. The van der Waals surface area contributed by atoms with Gasteiger partial charge in [0.25, 0.3) is 0 Å². The van der Waals surface area contributed by atoms with Gasteiger partial charge in [0.05, 0.1) is 12.1 Å². The van der Waals surface area contributed by atoms with Gasteiger partial charge in [0.2, 0.25) is 0 Å². The maximum Gasteiger partial charge on any atom is 0.163 e. The lowest BCUT2D eigenvalue weighted by Gasteiger charge is -2.23. The molecule has 6 rings (SSSR count). The Kier molecular flexibility index (Phi) is 5.24. The summed E-state index contributed by atoms with van der Waals surface area (Å²) in [6.07, 6.45) is 6.76. The van der Waals surface area contributed by atoms with Gasteiger partial charge in [-0.25, -0.2) is 9.97 Å². The number of anilines is 2. The Morgan fingerprint density at radius 1 is 0.970 bits per heavy atom. The Bertz CT molecular complexity index is 1290. The number of likely N-dealkylation sites (tertiary alicyclic amines) is 1. The largest absolute Gasteiger partial charge is 0.395 e. The number of aliphatic hydroxyl groups is 1. The smallest absolute Gasteiger partial charge is 0.163 e. The second kappa shape index (κ2) is 8.54. The Morgan fingerprint density at radius 2 is 1.88 bits per heavy atom. The van der Waals surface area contributed by atoms with E-state index in [-0.39, 0.29) is 12.6 Å². The zero-order valence-corrected chi connectivity index (χ0v) is 18.6. The molecule has 0 aliphatic carbocycles. The van der Waals surface area contributed by atoms with Crippen molar-refractivity contribution in [3.05, 3.63) is 78.2 Å². The van der Waals surface area contributed by atoms with Gasteiger partial charge >= 0.3 is 0 Å². The van der Waals surface area contributed by atoms with Crippen molar-refractivity contribution in [2.75, 3.05) is 24.6 Å². The minimum atomic E-state index is 0.215. The first-order valence-electron chi connectivity index (χ1n) is 11.7. The van der Waals surface area contributed by atoms with Crippen LogP contribution in [0, 0.1) is 0 Å². The molecule has 0 amide bonds. The van der Waals surface area contributed by atoms with Gasteiger partial charge < -0.3 is 10.0 Å². The van der Waals surface area contributed by atoms with E-state index in [1.807, 2.05) is 6.20 Å². The van der Waals surface area contributed by atoms with Crippen LogP contribution in [0.4, 0.5) is 11.5 Å². The van der Waals surface area contributed by atoms with Gasteiger partial charge in [-0.1, -0.05) is 42.5 Å². The van der Waals surface area contributed by atoms with Crippen LogP contribution >= 0.6 is 0 Å². The SMILES string of the molecule is OC[C@@H]1CCCN1Cc1cnc2c(N3CCc4c(-c5ccccc5)cccc43)ncnc2c1. The van der Waals surface area contributed by atoms with Crippen molar-refractivity contribution >= 4 is 22.5 Å². The predicted octanol–water partition coefficient (Wildman–Crippen LogP) is 4.34. The highest BCUT2D eigenvalue weighted by Crippen LogP contribution is 2.40. The molecule has 0 spiro atoms. The number of hydrogen-bond donors (Lipinski definition) is 1. The highest BCUT2D eigenvalue weighted by molar-refractivity contribution is 5.90. The number of aliphatic hydroxyl groups excluding tert-OH is 1. The van der Waals surface area contributed by atoms with Crippen molar-refractivity contribution < 1.29 is 5.11 Å². The number of pyridine rings is 1. The van der Waals surface area contributed by atoms with Crippen LogP contribution in [0.2, 0.25) is 0 Å². The van der Waals surface area contributed by atoms with Crippen LogP contribution in [-0.4, -0.2) is 50.7 Å². The molecule has 1 N–H and O–H groups in total. The summed E-state index contributed by atoms with van der Waals surface area (Å²) in [6, 6.07) is 19.5. The van der Waals surface area contributed by atoms with Gasteiger partial charge in [0, 0.05) is 31.0 Å². The molecule has 0 saturated carbocycles. The lowest BCUT2D eigenvalue weighted by molar-refractivity contribution is 0.153. The van der Waals surface area contributed by atoms with Gasteiger partial charge in [0.1, 0.15) is 11.8 Å². The molecule has 2 aromatic carbocycles. The van der Waals surface area contributed by atoms with Gasteiger partial charge in [-0.3, -0.25) is 9.88 Å². The molecule has 0 unspecified atom stereocenters. The number of nitrogens with zero attached hydrogens (tertiary/aromatic N) is 5. The van der Waals surface area contributed by atoms with Crippen molar-refractivity contribution in [2.24, 2.45) is 0 Å². The Labute approximate surface area is 193 Å². The van der Waals surface area contributed by atoms with Crippen molar-refractivity contribution in [1.82, 2.24) is 19.9 Å². The van der Waals surface area contributed by atoms with Crippen LogP contribution in [0.15, 0.2) is 67.1 Å². The zero-order valence-electron chi connectivity index (χ0n) is 18.6. The molecule has 6 heteroatoms. The molecule has 2 aromatic heterocycles. The van der Waals surface area contributed by atoms with Crippen molar-refractivity contribution in [3.8, 4) is 11.1 Å². The van der Waals surface area contributed by atoms with Gasteiger partial charge in [-0.05, 0) is 60.2 Å². The first-order valence-corrected chi connectivity index (χ1v) is 11.7. The number of rotatable bonds is 5. The standard InChI is InChI=1S/C27H27N5O/c33-17-21-8-5-12-31(21)16-19-14-24-26(28-15-19)27(30-18-29-24)32-13-11-23-22(9-4-10-25(23)32)20-6-2-1-3-7-20/h1-4,6-7,9-10,14-15,18,21,33H,5,8,11-13,16-17H2/t21-/m0/s1. The molecule has 33 heavy (non-hydrogen) atoms. The third-order valence-electron chi connectivity index (χ3n) is 6.98. The van der Waals surface area contributed by atoms with E-state index in [1.165, 1.54) is 22.4 Å². The van der Waals surface area contributed by atoms with Crippen molar-refractivity contribution in [2.45, 2.75) is 31.8 Å². The second-order valence-corrected chi connectivity index (χ2v) is 8.93. The third-order valence-corrected chi connectivity index (χ3v) is 6.98. The van der Waals surface area contributed by atoms with E-state index in [2.05, 4.69) is 74.4 Å². The molecule has 2 aliphatic heterocycles. The fourth-order valence-electron chi connectivity index (χ4n) is 5.34. The Balaban J connectivity index is 1.34. The molecule has 4 heterocycles. The van der Waals surface area contributed by atoms with Crippen molar-refractivity contribution in [3.63, 3.8) is 0 Å². The van der Waals surface area contributed by atoms with Crippen LogP contribution in [0.3, 0.4) is 0 Å². The normalized spacial score (nSPS) is 18.2. The summed E-state index contributed by atoms with van der Waals surface area (Å²) in [4.78, 5) is 18.6. The second-order valence-electron chi connectivity index (χ2n) is 8.93. The summed E-state index contributed by atoms with van der Waals surface area (Å²) in [5.74, 6) is 0.866. The molecule has 2 aliphatic rings. The van der Waals surface area contributed by atoms with Crippen LogP contribution < -0.4 is 4.90 Å². The maximum absolute atomic E-state index is 9.63. The lowest BCUT2D eigenvalue weighted by atomic mass is 9.98. The van der Waals surface area contributed by atoms with Crippen LogP contribution in [0.5, 0.6) is 0 Å². The molecule has 1 saturated heterocycles. The zero-order chi connectivity index (χ0) is 22.2. The first kappa shape index (κ1) is 20.3. The lowest BCUT2D eigenvalue weighted by Crippen LogP contribution is -2.31. The summed E-state index contributed by atoms with van der Waals surface area (Å²) in [5.41, 5.74) is 7.91. The molecule has 1 atom stereocenters. The monoisotopic (exact) mass is 437 g/mol. The highest BCUT2D eigenvalue weighted by Gasteiger charge is 2.27. The summed E-state index contributed by atoms with van der Waals surface area (Å²) >= 11 is 0. The van der Waals surface area contributed by atoms with E-state index >= 15 is 0 Å². The average molecular weight is 438 g/mol. The van der Waals surface area contributed by atoms with Crippen LogP contribution in [0.1, 0.15) is 24.0 Å². The first-order chi connectivity index (χ1) is 16.3. The topological polar surface area (TPSA) is 65.4 Å². The number of aromatic nitrogens is 3. The van der Waals surface area contributed by atoms with E-state index in [0.29, 0.717) is 0 Å². The molecular formula is C27H27N5O. The fraction of sp³-hybridized carbons (Fsp3) is 0.296. The van der Waals surface area contributed by atoms with Gasteiger partial charge in [-0.2, -0.15) is 0 Å². The van der Waals surface area contributed by atoms with E-state index in [9.17, 15) is 5.11 Å². The highest BCUT2D eigenvalue weighted by atomic mass is 16.3. The quantitative estimate of drug-likeness (QED) is 0.501. The van der Waals surface area contributed by atoms with E-state index in [1.54, 1.807) is 6.33 Å². The van der Waals surface area contributed by atoms with E-state index in [0.717, 1.165) is 61.3 Å². The fourth-order valence-corrected chi connectivity index (χ4v) is 5.34. The molecule has 6 nitrogen and oxygen atoms in total. The van der Waals surface area contributed by atoms with Gasteiger partial charge in [0.15, 0.2) is 5.82 Å². The summed E-state index contributed by atoms with van der Waals surface area (Å²) < 4.78 is 0. The Hall–Kier alpha value is -3.35. The number of fused-ring (bicyclic) bond motifs is 2. The predicted molar refractivity (Wildman–Crippen MR) is 130 cm³/mol. The summed E-state index contributed by atoms with van der Waals surface area (Å²) in [6.45, 7) is 2.90. The number of hydrogen-bond acceptors (Lipinski definition) is 6. The maximum atomic E-state index is 9.63. The molecule has 1 fully saturated rings. The summed E-state index contributed by atoms with van der Waals surface area (Å²) in [5, 5.41) is 9.63. The van der Waals surface area contributed by atoms with Gasteiger partial charge in [-0.15, -0.1) is 0 Å². The Morgan fingerprint density at radius 3 is 2.76 bits per heavy atom. The summed E-state index contributed by atoms with van der Waals surface area (Å²) in [7, 11) is 0. The molecular weight excluding hydrogens is 410 g/mol.